The minimum atomic E-state index is 0.00283. The lowest BCUT2D eigenvalue weighted by atomic mass is 9.98. The maximum Gasteiger partial charge on any atom is 0.257 e. The van der Waals surface area contributed by atoms with Crippen LogP contribution in [0.15, 0.2) is 16.7 Å². The molecule has 1 aromatic rings. The van der Waals surface area contributed by atoms with Crippen LogP contribution in [0.4, 0.5) is 5.82 Å². The Morgan fingerprint density at radius 1 is 1.53 bits per heavy atom. The van der Waals surface area contributed by atoms with Crippen molar-refractivity contribution in [2.75, 3.05) is 18.8 Å². The van der Waals surface area contributed by atoms with Crippen molar-refractivity contribution in [3.05, 3.63) is 22.3 Å². The van der Waals surface area contributed by atoms with Gasteiger partial charge in [0, 0.05) is 23.8 Å². The van der Waals surface area contributed by atoms with E-state index in [1.807, 2.05) is 4.90 Å². The second-order valence-electron chi connectivity index (χ2n) is 5.08. The van der Waals surface area contributed by atoms with Gasteiger partial charge >= 0.3 is 0 Å². The number of halogens is 1. The summed E-state index contributed by atoms with van der Waals surface area (Å²) in [7, 11) is 0. The van der Waals surface area contributed by atoms with Gasteiger partial charge in [-0.1, -0.05) is 13.3 Å². The highest BCUT2D eigenvalue weighted by molar-refractivity contribution is 9.10. The van der Waals surface area contributed by atoms with Crippen molar-refractivity contribution in [2.45, 2.75) is 32.6 Å². The van der Waals surface area contributed by atoms with Crippen molar-refractivity contribution >= 4 is 27.7 Å². The molecule has 2 N–H and O–H groups in total. The Morgan fingerprint density at radius 2 is 2.32 bits per heavy atom. The highest BCUT2D eigenvalue weighted by Gasteiger charge is 2.22. The Bertz CT molecular complexity index is 464. The Kier molecular flexibility index (Phi) is 4.80. The fourth-order valence-electron chi connectivity index (χ4n) is 2.57. The summed E-state index contributed by atoms with van der Waals surface area (Å²) in [5, 5.41) is 0. The number of nitrogens with zero attached hydrogens (tertiary/aromatic N) is 2. The summed E-state index contributed by atoms with van der Waals surface area (Å²) in [6, 6.07) is 1.76. The smallest absolute Gasteiger partial charge is 0.257 e. The molecule has 0 bridgehead atoms. The number of rotatable bonds is 2. The molecule has 1 fully saturated rings. The van der Waals surface area contributed by atoms with Gasteiger partial charge < -0.3 is 10.6 Å². The van der Waals surface area contributed by atoms with Crippen LogP contribution in [0.25, 0.3) is 0 Å². The Morgan fingerprint density at radius 3 is 3.05 bits per heavy atom. The molecule has 0 aliphatic carbocycles. The van der Waals surface area contributed by atoms with E-state index in [9.17, 15) is 4.79 Å². The van der Waals surface area contributed by atoms with E-state index in [4.69, 9.17) is 5.73 Å². The van der Waals surface area contributed by atoms with Crippen LogP contribution in [0.1, 0.15) is 43.0 Å². The molecular weight excluding hydrogens is 306 g/mol. The molecule has 2 rings (SSSR count). The van der Waals surface area contributed by atoms with Gasteiger partial charge in [-0.2, -0.15) is 0 Å². The summed E-state index contributed by atoms with van der Waals surface area (Å²) >= 11 is 3.34. The van der Waals surface area contributed by atoms with Crippen molar-refractivity contribution in [2.24, 2.45) is 5.92 Å². The van der Waals surface area contributed by atoms with Gasteiger partial charge in [0.25, 0.3) is 5.91 Å². The fourth-order valence-corrected chi connectivity index (χ4v) is 2.90. The third-order valence-corrected chi connectivity index (χ3v) is 4.26. The largest absolute Gasteiger partial charge is 0.383 e. The molecule has 0 spiro atoms. The predicted octanol–water partition coefficient (Wildman–Crippen LogP) is 3.08. The maximum atomic E-state index is 12.5. The lowest BCUT2D eigenvalue weighted by Gasteiger charge is -2.21. The van der Waals surface area contributed by atoms with Crippen molar-refractivity contribution < 1.29 is 4.79 Å². The molecule has 1 aliphatic heterocycles. The maximum absolute atomic E-state index is 12.5. The molecule has 0 radical (unpaired) electrons. The van der Waals surface area contributed by atoms with Gasteiger partial charge in [-0.3, -0.25) is 4.79 Å². The molecule has 19 heavy (non-hydrogen) atoms. The molecule has 1 aromatic heterocycles. The average Bonchev–Trinajstić information content (AvgIpc) is 2.66. The van der Waals surface area contributed by atoms with Crippen molar-refractivity contribution in [3.63, 3.8) is 0 Å². The molecule has 5 heteroatoms. The molecule has 1 amide bonds. The molecule has 0 saturated carbocycles. The first-order valence-corrected chi connectivity index (χ1v) is 7.61. The standard InChI is InChI=1S/C14H20BrN3O/c1-2-10-4-3-6-18(7-5-10)14(19)12-8-11(15)9-17-13(12)16/h8-10H,2-7H2,1H3,(H2,16,17). The van der Waals surface area contributed by atoms with E-state index in [0.717, 1.165) is 36.3 Å². The van der Waals surface area contributed by atoms with Gasteiger partial charge in [0.2, 0.25) is 0 Å². The van der Waals surface area contributed by atoms with Crippen LogP contribution >= 0.6 is 15.9 Å². The summed E-state index contributed by atoms with van der Waals surface area (Å²) in [6.45, 7) is 3.86. The molecule has 104 valence electrons. The molecular formula is C14H20BrN3O. The Labute approximate surface area is 122 Å². The third-order valence-electron chi connectivity index (χ3n) is 3.83. The molecule has 1 atom stereocenters. The number of hydrogen-bond acceptors (Lipinski definition) is 3. The van der Waals surface area contributed by atoms with Crippen LogP contribution < -0.4 is 5.73 Å². The minimum Gasteiger partial charge on any atom is -0.383 e. The van der Waals surface area contributed by atoms with Gasteiger partial charge in [-0.05, 0) is 47.2 Å². The van der Waals surface area contributed by atoms with Gasteiger partial charge in [0.05, 0.1) is 5.56 Å². The summed E-state index contributed by atoms with van der Waals surface area (Å²) in [5.41, 5.74) is 6.31. The monoisotopic (exact) mass is 325 g/mol. The summed E-state index contributed by atoms with van der Waals surface area (Å²) in [5.74, 6) is 1.06. The Balaban J connectivity index is 2.13. The topological polar surface area (TPSA) is 59.2 Å². The van der Waals surface area contributed by atoms with Crippen molar-refractivity contribution in [1.29, 1.82) is 0 Å². The number of anilines is 1. The first kappa shape index (κ1) is 14.3. The first-order valence-electron chi connectivity index (χ1n) is 6.82. The van der Waals surface area contributed by atoms with Crippen LogP contribution in [0, 0.1) is 5.92 Å². The SMILES string of the molecule is CCC1CCCN(C(=O)c2cc(Br)cnc2N)CC1. The molecule has 2 heterocycles. The molecule has 1 saturated heterocycles. The zero-order valence-corrected chi connectivity index (χ0v) is 12.8. The molecule has 1 aliphatic rings. The van der Waals surface area contributed by atoms with E-state index in [1.54, 1.807) is 12.3 Å². The number of nitrogen functional groups attached to an aromatic ring is 1. The minimum absolute atomic E-state index is 0.00283. The fraction of sp³-hybridized carbons (Fsp3) is 0.571. The lowest BCUT2D eigenvalue weighted by Crippen LogP contribution is -2.32. The van der Waals surface area contributed by atoms with Gasteiger partial charge in [0.15, 0.2) is 0 Å². The average molecular weight is 326 g/mol. The van der Waals surface area contributed by atoms with Crippen LogP contribution in [0.3, 0.4) is 0 Å². The van der Waals surface area contributed by atoms with E-state index < -0.39 is 0 Å². The highest BCUT2D eigenvalue weighted by atomic mass is 79.9. The van der Waals surface area contributed by atoms with Crippen molar-refractivity contribution in [1.82, 2.24) is 9.88 Å². The van der Waals surface area contributed by atoms with E-state index in [2.05, 4.69) is 27.8 Å². The van der Waals surface area contributed by atoms with Crippen LogP contribution in [0.2, 0.25) is 0 Å². The number of hydrogen-bond donors (Lipinski definition) is 1. The molecule has 1 unspecified atom stereocenters. The van der Waals surface area contributed by atoms with E-state index in [0.29, 0.717) is 11.4 Å². The second kappa shape index (κ2) is 6.37. The summed E-state index contributed by atoms with van der Waals surface area (Å²) in [6.07, 6.45) is 6.19. The summed E-state index contributed by atoms with van der Waals surface area (Å²) < 4.78 is 0.784. The van der Waals surface area contributed by atoms with Crippen LogP contribution in [-0.2, 0) is 0 Å². The Hall–Kier alpha value is -1.10. The zero-order valence-electron chi connectivity index (χ0n) is 11.2. The van der Waals surface area contributed by atoms with E-state index in [1.165, 1.54) is 12.8 Å². The van der Waals surface area contributed by atoms with E-state index in [-0.39, 0.29) is 5.91 Å². The third kappa shape index (κ3) is 3.47. The quantitative estimate of drug-likeness (QED) is 0.908. The van der Waals surface area contributed by atoms with E-state index >= 15 is 0 Å². The zero-order chi connectivity index (χ0) is 13.8. The summed E-state index contributed by atoms with van der Waals surface area (Å²) in [4.78, 5) is 18.5. The van der Waals surface area contributed by atoms with Crippen LogP contribution in [-0.4, -0.2) is 28.9 Å². The normalized spacial score (nSPS) is 20.1. The number of nitrogens with two attached hydrogens (primary N) is 1. The molecule has 0 aromatic carbocycles. The number of carbonyl (C=O) groups excluding carboxylic acids is 1. The number of amides is 1. The van der Waals surface area contributed by atoms with Gasteiger partial charge in [-0.15, -0.1) is 0 Å². The number of carbonyl (C=O) groups is 1. The second-order valence-corrected chi connectivity index (χ2v) is 6.00. The number of likely N-dealkylation sites (tertiary alicyclic amines) is 1. The number of aromatic nitrogens is 1. The lowest BCUT2D eigenvalue weighted by molar-refractivity contribution is 0.0760. The predicted molar refractivity (Wildman–Crippen MR) is 79.9 cm³/mol. The first-order chi connectivity index (χ1) is 9.11. The van der Waals surface area contributed by atoms with Crippen LogP contribution in [0.5, 0.6) is 0 Å². The van der Waals surface area contributed by atoms with Crippen molar-refractivity contribution in [3.8, 4) is 0 Å². The van der Waals surface area contributed by atoms with Gasteiger partial charge in [0.1, 0.15) is 5.82 Å². The van der Waals surface area contributed by atoms with Gasteiger partial charge in [-0.25, -0.2) is 4.98 Å². The molecule has 4 nitrogen and oxygen atoms in total. The highest BCUT2D eigenvalue weighted by Crippen LogP contribution is 2.23. The number of pyridine rings is 1.